The fourth-order valence-electron chi connectivity index (χ4n) is 2.02. The van der Waals surface area contributed by atoms with Crippen LogP contribution in [0.25, 0.3) is 0 Å². The number of carbonyl (C=O) groups is 1. The van der Waals surface area contributed by atoms with E-state index in [9.17, 15) is 9.18 Å². The van der Waals surface area contributed by atoms with Crippen molar-refractivity contribution >= 4 is 23.6 Å². The lowest BCUT2D eigenvalue weighted by Crippen LogP contribution is -2.49. The van der Waals surface area contributed by atoms with E-state index in [1.807, 2.05) is 33.9 Å². The molecule has 0 aromatic heterocycles. The van der Waals surface area contributed by atoms with Crippen LogP contribution >= 0.6 is 11.8 Å². The summed E-state index contributed by atoms with van der Waals surface area (Å²) in [5, 5.41) is 6.09. The Morgan fingerprint density at radius 1 is 1.33 bits per heavy atom. The van der Waals surface area contributed by atoms with Crippen LogP contribution in [0.4, 0.5) is 4.39 Å². The summed E-state index contributed by atoms with van der Waals surface area (Å²) in [5.74, 6) is 1.06. The molecule has 1 rings (SSSR count). The highest BCUT2D eigenvalue weighted by Gasteiger charge is 2.16. The Kier molecular flexibility index (Phi) is 8.04. The third-order valence-electron chi connectivity index (χ3n) is 2.95. The molecule has 2 N–H and O–H groups in total. The Balaban J connectivity index is 2.39. The van der Waals surface area contributed by atoms with Crippen molar-refractivity contribution in [1.82, 2.24) is 15.5 Å². The maximum Gasteiger partial charge on any atom is 0.240 e. The first-order valence-corrected chi connectivity index (χ1v) is 8.81. The summed E-state index contributed by atoms with van der Waals surface area (Å²) >= 11 is 1.44. The molecule has 0 saturated carbocycles. The normalized spacial score (nSPS) is 12.0. The number of benzene rings is 1. The monoisotopic (exact) mass is 354 g/mol. The minimum atomic E-state index is -0.259. The van der Waals surface area contributed by atoms with Crippen LogP contribution < -0.4 is 10.6 Å². The van der Waals surface area contributed by atoms with Crippen molar-refractivity contribution in [2.45, 2.75) is 31.2 Å². The molecule has 0 aliphatic carbocycles. The molecule has 0 spiro atoms. The molecule has 7 heteroatoms. The van der Waals surface area contributed by atoms with Gasteiger partial charge < -0.3 is 15.5 Å². The maximum absolute atomic E-state index is 13.5. The van der Waals surface area contributed by atoms with E-state index in [2.05, 4.69) is 15.6 Å². The Bertz CT molecular complexity index is 572. The smallest absolute Gasteiger partial charge is 0.240 e. The molecule has 0 heterocycles. The third-order valence-corrected chi connectivity index (χ3v) is 4.00. The van der Waals surface area contributed by atoms with Crippen molar-refractivity contribution in [3.05, 3.63) is 30.1 Å². The SMILES string of the molecule is CN=C(NCCSc1ccccc1F)N(C)CC(=O)NC(C)(C)C. The average molecular weight is 354 g/mol. The molecule has 1 aromatic carbocycles. The number of nitrogens with zero attached hydrogens (tertiary/aromatic N) is 2. The topological polar surface area (TPSA) is 56.7 Å². The van der Waals surface area contributed by atoms with E-state index >= 15 is 0 Å². The van der Waals surface area contributed by atoms with Crippen LogP contribution in [-0.2, 0) is 4.79 Å². The summed E-state index contributed by atoms with van der Waals surface area (Å²) in [4.78, 5) is 18.5. The first-order valence-electron chi connectivity index (χ1n) is 7.83. The van der Waals surface area contributed by atoms with Gasteiger partial charge in [0.05, 0.1) is 6.54 Å². The van der Waals surface area contributed by atoms with Crippen molar-refractivity contribution in [2.24, 2.45) is 4.99 Å². The number of amides is 1. The molecule has 0 unspecified atom stereocenters. The Morgan fingerprint density at radius 2 is 2.00 bits per heavy atom. The second-order valence-electron chi connectivity index (χ2n) is 6.41. The molecule has 0 radical (unpaired) electrons. The highest BCUT2D eigenvalue weighted by Crippen LogP contribution is 2.20. The standard InChI is InChI=1S/C17H27FN4OS/c1-17(2,3)21-15(23)12-22(5)16(19-4)20-10-11-24-14-9-7-6-8-13(14)18/h6-9H,10-12H2,1-5H3,(H,19,20)(H,21,23). The van der Waals surface area contributed by atoms with Gasteiger partial charge in [0, 0.05) is 36.8 Å². The van der Waals surface area contributed by atoms with Gasteiger partial charge >= 0.3 is 0 Å². The van der Waals surface area contributed by atoms with Crippen LogP contribution in [0.3, 0.4) is 0 Å². The quantitative estimate of drug-likeness (QED) is 0.356. The van der Waals surface area contributed by atoms with E-state index in [1.165, 1.54) is 17.8 Å². The molecule has 0 aliphatic rings. The number of halogens is 1. The number of hydrogen-bond donors (Lipinski definition) is 2. The summed E-state index contributed by atoms with van der Waals surface area (Å²) in [6, 6.07) is 6.71. The van der Waals surface area contributed by atoms with Crippen molar-refractivity contribution in [2.75, 3.05) is 32.9 Å². The van der Waals surface area contributed by atoms with E-state index in [0.717, 1.165) is 0 Å². The third kappa shape index (κ3) is 7.68. The fourth-order valence-corrected chi connectivity index (χ4v) is 2.82. The molecule has 0 saturated heterocycles. The highest BCUT2D eigenvalue weighted by molar-refractivity contribution is 7.99. The minimum absolute atomic E-state index is 0.0614. The van der Waals surface area contributed by atoms with Crippen LogP contribution in [0.1, 0.15) is 20.8 Å². The number of hydrogen-bond acceptors (Lipinski definition) is 3. The van der Waals surface area contributed by atoms with Crippen LogP contribution in [0.5, 0.6) is 0 Å². The summed E-state index contributed by atoms with van der Waals surface area (Å²) in [6.07, 6.45) is 0. The first kappa shape index (κ1) is 20.3. The number of thioether (sulfide) groups is 1. The average Bonchev–Trinajstić information content (AvgIpc) is 2.46. The van der Waals surface area contributed by atoms with Gasteiger partial charge in [-0.3, -0.25) is 9.79 Å². The van der Waals surface area contributed by atoms with E-state index in [4.69, 9.17) is 0 Å². The van der Waals surface area contributed by atoms with Gasteiger partial charge in [0.15, 0.2) is 5.96 Å². The number of rotatable bonds is 6. The second kappa shape index (κ2) is 9.52. The van der Waals surface area contributed by atoms with Crippen LogP contribution in [0.2, 0.25) is 0 Å². The van der Waals surface area contributed by atoms with Crippen molar-refractivity contribution < 1.29 is 9.18 Å². The molecular weight excluding hydrogens is 327 g/mol. The van der Waals surface area contributed by atoms with Crippen LogP contribution in [-0.4, -0.2) is 55.2 Å². The fraction of sp³-hybridized carbons (Fsp3) is 0.529. The predicted octanol–water partition coefficient (Wildman–Crippen LogP) is 2.34. The Hall–Kier alpha value is -1.76. The lowest BCUT2D eigenvalue weighted by molar-refractivity contribution is -0.122. The van der Waals surface area contributed by atoms with Gasteiger partial charge in [0.2, 0.25) is 5.91 Å². The van der Waals surface area contributed by atoms with Gasteiger partial charge in [-0.2, -0.15) is 0 Å². The Labute approximate surface area is 148 Å². The number of nitrogens with one attached hydrogen (secondary N) is 2. The molecule has 0 bridgehead atoms. The lowest BCUT2D eigenvalue weighted by Gasteiger charge is -2.25. The number of likely N-dealkylation sites (N-methyl/N-ethyl adjacent to an activating group) is 1. The molecule has 0 atom stereocenters. The van der Waals surface area contributed by atoms with Crippen LogP contribution in [0, 0.1) is 5.82 Å². The van der Waals surface area contributed by atoms with E-state index in [-0.39, 0.29) is 23.8 Å². The van der Waals surface area contributed by atoms with Crippen molar-refractivity contribution in [1.29, 1.82) is 0 Å². The van der Waals surface area contributed by atoms with Gasteiger partial charge in [-0.1, -0.05) is 12.1 Å². The highest BCUT2D eigenvalue weighted by atomic mass is 32.2. The molecule has 0 aliphatic heterocycles. The Morgan fingerprint density at radius 3 is 2.58 bits per heavy atom. The number of guanidine groups is 1. The van der Waals surface area contributed by atoms with Gasteiger partial charge in [0.1, 0.15) is 5.82 Å². The predicted molar refractivity (Wildman–Crippen MR) is 99.0 cm³/mol. The molecular formula is C17H27FN4OS. The zero-order chi connectivity index (χ0) is 18.2. The summed E-state index contributed by atoms with van der Waals surface area (Å²) in [5.41, 5.74) is -0.259. The number of aliphatic imine (C=N–C) groups is 1. The van der Waals surface area contributed by atoms with E-state index in [1.54, 1.807) is 24.1 Å². The molecule has 0 fully saturated rings. The molecule has 1 amide bonds. The van der Waals surface area contributed by atoms with Gasteiger partial charge in [-0.25, -0.2) is 4.39 Å². The van der Waals surface area contributed by atoms with E-state index < -0.39 is 0 Å². The molecule has 134 valence electrons. The second-order valence-corrected chi connectivity index (χ2v) is 7.54. The summed E-state index contributed by atoms with van der Waals surface area (Å²) in [6.45, 7) is 6.67. The first-order chi connectivity index (χ1) is 11.2. The maximum atomic E-state index is 13.5. The zero-order valence-electron chi connectivity index (χ0n) is 15.0. The van der Waals surface area contributed by atoms with Crippen molar-refractivity contribution in [3.8, 4) is 0 Å². The van der Waals surface area contributed by atoms with Crippen LogP contribution in [0.15, 0.2) is 34.2 Å². The molecule has 1 aromatic rings. The van der Waals surface area contributed by atoms with Gasteiger partial charge in [-0.15, -0.1) is 11.8 Å². The molecule has 5 nitrogen and oxygen atoms in total. The lowest BCUT2D eigenvalue weighted by atomic mass is 10.1. The largest absolute Gasteiger partial charge is 0.355 e. The summed E-state index contributed by atoms with van der Waals surface area (Å²) in [7, 11) is 3.48. The summed E-state index contributed by atoms with van der Waals surface area (Å²) < 4.78 is 13.5. The number of carbonyl (C=O) groups excluding carboxylic acids is 1. The van der Waals surface area contributed by atoms with E-state index in [0.29, 0.717) is 23.2 Å². The van der Waals surface area contributed by atoms with Gasteiger partial charge in [-0.05, 0) is 32.9 Å². The van der Waals surface area contributed by atoms with Crippen molar-refractivity contribution in [3.63, 3.8) is 0 Å². The molecule has 24 heavy (non-hydrogen) atoms. The minimum Gasteiger partial charge on any atom is -0.355 e. The van der Waals surface area contributed by atoms with Gasteiger partial charge in [0.25, 0.3) is 0 Å². The zero-order valence-corrected chi connectivity index (χ0v) is 15.8.